The summed E-state index contributed by atoms with van der Waals surface area (Å²) in [5.41, 5.74) is 5.73. The van der Waals surface area contributed by atoms with Gasteiger partial charge in [-0.15, -0.1) is 0 Å². The van der Waals surface area contributed by atoms with Crippen molar-refractivity contribution in [3.05, 3.63) is 47.5 Å². The van der Waals surface area contributed by atoms with Gasteiger partial charge in [0.15, 0.2) is 0 Å². The Hall–Kier alpha value is -1.98. The predicted octanol–water partition coefficient (Wildman–Crippen LogP) is 2.61. The second-order valence-electron chi connectivity index (χ2n) is 4.09. The van der Waals surface area contributed by atoms with E-state index in [0.29, 0.717) is 5.69 Å². The molecular weight excluding hydrogens is 243 g/mol. The molecule has 1 heterocycles. The number of nitrogen functional groups attached to an aromatic ring is 1. The van der Waals surface area contributed by atoms with Crippen LogP contribution in [0.15, 0.2) is 30.7 Å². The summed E-state index contributed by atoms with van der Waals surface area (Å²) in [4.78, 5) is 3.88. The summed E-state index contributed by atoms with van der Waals surface area (Å²) in [5.74, 6) is 0. The molecule has 0 fully saturated rings. The van der Waals surface area contributed by atoms with E-state index in [0.717, 1.165) is 6.07 Å². The van der Waals surface area contributed by atoms with Crippen LogP contribution < -0.4 is 5.73 Å². The van der Waals surface area contributed by atoms with Gasteiger partial charge in [-0.2, -0.15) is 13.2 Å². The van der Waals surface area contributed by atoms with Crippen LogP contribution in [0.3, 0.4) is 0 Å². The minimum Gasteiger partial charge on any atom is -0.399 e. The number of aromatic nitrogens is 2. The molecule has 0 aliphatic rings. The molecule has 0 amide bonds. The summed E-state index contributed by atoms with van der Waals surface area (Å²) in [7, 11) is 1.74. The number of anilines is 1. The summed E-state index contributed by atoms with van der Waals surface area (Å²) in [5, 5.41) is 0. The third kappa shape index (κ3) is 2.47. The molecular formula is C12H12F3N3. The third-order valence-corrected chi connectivity index (χ3v) is 2.73. The average Bonchev–Trinajstić information content (AvgIpc) is 2.66. The molecule has 0 radical (unpaired) electrons. The fourth-order valence-corrected chi connectivity index (χ4v) is 1.76. The molecule has 0 bridgehead atoms. The molecule has 6 heteroatoms. The number of alkyl halides is 3. The molecule has 0 unspecified atom stereocenters. The first kappa shape index (κ1) is 12.5. The summed E-state index contributed by atoms with van der Waals surface area (Å²) < 4.78 is 40.3. The van der Waals surface area contributed by atoms with E-state index in [1.807, 2.05) is 0 Å². The van der Waals surface area contributed by atoms with Gasteiger partial charge in [0.1, 0.15) is 0 Å². The van der Waals surface area contributed by atoms with Gasteiger partial charge in [0.2, 0.25) is 0 Å². The van der Waals surface area contributed by atoms with Crippen LogP contribution in [0.4, 0.5) is 18.9 Å². The highest BCUT2D eigenvalue weighted by atomic mass is 19.4. The number of hydrogen-bond acceptors (Lipinski definition) is 2. The smallest absolute Gasteiger partial charge is 0.399 e. The zero-order chi connectivity index (χ0) is 13.3. The molecule has 0 saturated heterocycles. The van der Waals surface area contributed by atoms with E-state index in [1.54, 1.807) is 24.1 Å². The molecule has 96 valence electrons. The SMILES string of the molecule is Cn1cncc1Cc1ccc(N)cc1C(F)(F)F. The Balaban J connectivity index is 2.42. The first-order valence-corrected chi connectivity index (χ1v) is 5.28. The summed E-state index contributed by atoms with van der Waals surface area (Å²) in [6, 6.07) is 3.85. The van der Waals surface area contributed by atoms with E-state index in [4.69, 9.17) is 5.73 Å². The molecule has 2 rings (SSSR count). The van der Waals surface area contributed by atoms with Crippen molar-refractivity contribution in [2.45, 2.75) is 12.6 Å². The van der Waals surface area contributed by atoms with E-state index in [9.17, 15) is 13.2 Å². The maximum Gasteiger partial charge on any atom is 0.416 e. The lowest BCUT2D eigenvalue weighted by atomic mass is 10.0. The average molecular weight is 255 g/mol. The topological polar surface area (TPSA) is 43.8 Å². The zero-order valence-corrected chi connectivity index (χ0v) is 9.70. The highest BCUT2D eigenvalue weighted by Crippen LogP contribution is 2.34. The first-order valence-electron chi connectivity index (χ1n) is 5.28. The molecule has 2 aromatic rings. The van der Waals surface area contributed by atoms with Gasteiger partial charge >= 0.3 is 6.18 Å². The van der Waals surface area contributed by atoms with Crippen LogP contribution in [0.1, 0.15) is 16.8 Å². The van der Waals surface area contributed by atoms with Crippen molar-refractivity contribution in [1.82, 2.24) is 9.55 Å². The quantitative estimate of drug-likeness (QED) is 0.838. The Morgan fingerprint density at radius 3 is 2.61 bits per heavy atom. The van der Waals surface area contributed by atoms with E-state index in [2.05, 4.69) is 4.98 Å². The Bertz CT molecular complexity index is 558. The molecule has 0 aliphatic heterocycles. The number of benzene rings is 1. The minimum absolute atomic E-state index is 0.107. The monoisotopic (exact) mass is 255 g/mol. The largest absolute Gasteiger partial charge is 0.416 e. The fourth-order valence-electron chi connectivity index (χ4n) is 1.76. The van der Waals surface area contributed by atoms with Crippen LogP contribution in [0.5, 0.6) is 0 Å². The summed E-state index contributed by atoms with van der Waals surface area (Å²) >= 11 is 0. The van der Waals surface area contributed by atoms with Crippen LogP contribution in [-0.4, -0.2) is 9.55 Å². The molecule has 18 heavy (non-hydrogen) atoms. The van der Waals surface area contributed by atoms with Gasteiger partial charge in [-0.3, -0.25) is 0 Å². The van der Waals surface area contributed by atoms with Gasteiger partial charge in [0.25, 0.3) is 0 Å². The Morgan fingerprint density at radius 1 is 1.33 bits per heavy atom. The van der Waals surface area contributed by atoms with Crippen LogP contribution in [0, 0.1) is 0 Å². The van der Waals surface area contributed by atoms with Gasteiger partial charge in [-0.05, 0) is 17.7 Å². The predicted molar refractivity (Wildman–Crippen MR) is 61.9 cm³/mol. The number of rotatable bonds is 2. The minimum atomic E-state index is -4.40. The van der Waals surface area contributed by atoms with Crippen molar-refractivity contribution in [3.8, 4) is 0 Å². The van der Waals surface area contributed by atoms with Crippen molar-refractivity contribution in [2.75, 3.05) is 5.73 Å². The second kappa shape index (κ2) is 4.36. The fraction of sp³-hybridized carbons (Fsp3) is 0.250. The van der Waals surface area contributed by atoms with Gasteiger partial charge < -0.3 is 10.3 Å². The Labute approximate surface area is 102 Å². The van der Waals surface area contributed by atoms with Crippen molar-refractivity contribution >= 4 is 5.69 Å². The highest BCUT2D eigenvalue weighted by Gasteiger charge is 2.33. The Morgan fingerprint density at radius 2 is 2.06 bits per heavy atom. The van der Waals surface area contributed by atoms with E-state index in [-0.39, 0.29) is 17.7 Å². The first-order chi connectivity index (χ1) is 8.38. The second-order valence-corrected chi connectivity index (χ2v) is 4.09. The maximum atomic E-state index is 12.9. The number of nitrogens with zero attached hydrogens (tertiary/aromatic N) is 2. The number of nitrogens with two attached hydrogens (primary N) is 1. The zero-order valence-electron chi connectivity index (χ0n) is 9.70. The van der Waals surface area contributed by atoms with Crippen LogP contribution >= 0.6 is 0 Å². The van der Waals surface area contributed by atoms with Gasteiger partial charge in [0.05, 0.1) is 11.9 Å². The maximum absolute atomic E-state index is 12.9. The normalized spacial score (nSPS) is 11.8. The van der Waals surface area contributed by atoms with Crippen molar-refractivity contribution < 1.29 is 13.2 Å². The lowest BCUT2D eigenvalue weighted by Gasteiger charge is -2.13. The van der Waals surface area contributed by atoms with Crippen LogP contribution in [0.25, 0.3) is 0 Å². The van der Waals surface area contributed by atoms with E-state index < -0.39 is 11.7 Å². The molecule has 0 saturated carbocycles. The van der Waals surface area contributed by atoms with E-state index >= 15 is 0 Å². The van der Waals surface area contributed by atoms with Crippen LogP contribution in [0.2, 0.25) is 0 Å². The van der Waals surface area contributed by atoms with Gasteiger partial charge in [0, 0.05) is 31.0 Å². The third-order valence-electron chi connectivity index (χ3n) is 2.73. The molecule has 0 aliphatic carbocycles. The molecule has 1 aromatic carbocycles. The standard InChI is InChI=1S/C12H12F3N3/c1-18-7-17-6-10(18)4-8-2-3-9(16)5-11(8)12(13,14)15/h2-3,5-7H,4,16H2,1H3. The number of halogens is 3. The molecule has 2 N–H and O–H groups in total. The van der Waals surface area contributed by atoms with E-state index in [1.165, 1.54) is 12.1 Å². The van der Waals surface area contributed by atoms with Gasteiger partial charge in [-0.1, -0.05) is 6.07 Å². The Kier molecular flexibility index (Phi) is 3.02. The summed E-state index contributed by atoms with van der Waals surface area (Å²) in [6.45, 7) is 0. The summed E-state index contributed by atoms with van der Waals surface area (Å²) in [6.07, 6.45) is -1.12. The lowest BCUT2D eigenvalue weighted by Crippen LogP contribution is -2.11. The molecule has 3 nitrogen and oxygen atoms in total. The number of aryl methyl sites for hydroxylation is 1. The molecule has 0 atom stereocenters. The highest BCUT2D eigenvalue weighted by molar-refractivity contribution is 5.46. The van der Waals surface area contributed by atoms with Crippen molar-refractivity contribution in [2.24, 2.45) is 7.05 Å². The number of hydrogen-bond donors (Lipinski definition) is 1. The van der Waals surface area contributed by atoms with Gasteiger partial charge in [-0.25, -0.2) is 4.98 Å². The van der Waals surface area contributed by atoms with Crippen molar-refractivity contribution in [3.63, 3.8) is 0 Å². The number of imidazole rings is 1. The van der Waals surface area contributed by atoms with Crippen molar-refractivity contribution in [1.29, 1.82) is 0 Å². The van der Waals surface area contributed by atoms with Crippen LogP contribution in [-0.2, 0) is 19.6 Å². The molecule has 1 aromatic heterocycles. The lowest BCUT2D eigenvalue weighted by molar-refractivity contribution is -0.138. The molecule has 0 spiro atoms.